The molecule has 0 bridgehead atoms. The van der Waals surface area contributed by atoms with E-state index in [4.69, 9.17) is 10.8 Å². The summed E-state index contributed by atoms with van der Waals surface area (Å²) >= 11 is 1.50. The fraction of sp³-hybridized carbons (Fsp3) is 0.667. The minimum atomic E-state index is 0.208. The van der Waals surface area contributed by atoms with Gasteiger partial charge in [0, 0.05) is 25.3 Å². The Hall–Kier alpha value is -1.01. The van der Waals surface area contributed by atoms with Crippen molar-refractivity contribution in [3.8, 4) is 0 Å². The van der Waals surface area contributed by atoms with Crippen LogP contribution in [0.25, 0.3) is 0 Å². The first-order valence-electron chi connectivity index (χ1n) is 6.30. The number of aliphatic hydroxyl groups excluding tert-OH is 1. The van der Waals surface area contributed by atoms with Crippen LogP contribution in [0, 0.1) is 0 Å². The number of thioether (sulfide) groups is 1. The molecule has 1 aliphatic carbocycles. The topological polar surface area (TPSA) is 75.3 Å². The van der Waals surface area contributed by atoms with Crippen molar-refractivity contribution >= 4 is 23.4 Å². The highest BCUT2D eigenvalue weighted by Gasteiger charge is 2.26. The second kappa shape index (κ2) is 6.24. The average molecular weight is 268 g/mol. The summed E-state index contributed by atoms with van der Waals surface area (Å²) in [5, 5.41) is 9.71. The van der Waals surface area contributed by atoms with Gasteiger partial charge in [0.05, 0.1) is 0 Å². The normalized spacial score (nSPS) is 15.4. The highest BCUT2D eigenvalue weighted by molar-refractivity contribution is 7.98. The number of nitrogens with two attached hydrogens (primary N) is 1. The van der Waals surface area contributed by atoms with Crippen LogP contribution in [-0.2, 0) is 0 Å². The predicted molar refractivity (Wildman–Crippen MR) is 74.9 cm³/mol. The number of aromatic nitrogens is 2. The van der Waals surface area contributed by atoms with Gasteiger partial charge >= 0.3 is 0 Å². The molecule has 1 heterocycles. The lowest BCUT2D eigenvalue weighted by atomic mass is 9.91. The minimum Gasteiger partial charge on any atom is -0.396 e. The predicted octanol–water partition coefficient (Wildman–Crippen LogP) is 1.52. The van der Waals surface area contributed by atoms with Crippen molar-refractivity contribution in [2.45, 2.75) is 36.9 Å². The summed E-state index contributed by atoms with van der Waals surface area (Å²) in [4.78, 5) is 11.0. The third-order valence-electron chi connectivity index (χ3n) is 3.26. The van der Waals surface area contributed by atoms with E-state index in [9.17, 15) is 0 Å². The zero-order chi connectivity index (χ0) is 13.0. The van der Waals surface area contributed by atoms with E-state index in [1.807, 2.05) is 12.3 Å². The van der Waals surface area contributed by atoms with Crippen LogP contribution in [-0.4, -0.2) is 40.5 Å². The third-order valence-corrected chi connectivity index (χ3v) is 3.81. The Balaban J connectivity index is 2.19. The molecule has 0 saturated heterocycles. The molecule has 1 saturated carbocycles. The first-order valence-corrected chi connectivity index (χ1v) is 7.53. The lowest BCUT2D eigenvalue weighted by molar-refractivity contribution is 0.282. The summed E-state index contributed by atoms with van der Waals surface area (Å²) in [6.07, 6.45) is 6.37. The summed E-state index contributed by atoms with van der Waals surface area (Å²) in [5.41, 5.74) is 5.82. The van der Waals surface area contributed by atoms with Gasteiger partial charge < -0.3 is 15.7 Å². The highest BCUT2D eigenvalue weighted by atomic mass is 32.2. The molecule has 0 unspecified atom stereocenters. The van der Waals surface area contributed by atoms with Crippen LogP contribution >= 0.6 is 11.8 Å². The van der Waals surface area contributed by atoms with Crippen LogP contribution in [0.15, 0.2) is 11.2 Å². The second-order valence-corrected chi connectivity index (χ2v) is 5.27. The van der Waals surface area contributed by atoms with Crippen LogP contribution in [0.5, 0.6) is 0 Å². The monoisotopic (exact) mass is 268 g/mol. The number of hydrogen-bond donors (Lipinski definition) is 2. The molecule has 0 radical (unpaired) electrons. The zero-order valence-electron chi connectivity index (χ0n) is 10.7. The average Bonchev–Trinajstić information content (AvgIpc) is 2.31. The number of rotatable bonds is 6. The fourth-order valence-corrected chi connectivity index (χ4v) is 2.47. The first-order chi connectivity index (χ1) is 8.74. The van der Waals surface area contributed by atoms with Crippen molar-refractivity contribution in [3.63, 3.8) is 0 Å². The van der Waals surface area contributed by atoms with Gasteiger partial charge in [-0.05, 0) is 31.9 Å². The number of anilines is 2. The van der Waals surface area contributed by atoms with Crippen LogP contribution in [0.4, 0.5) is 11.6 Å². The van der Waals surface area contributed by atoms with E-state index in [1.54, 1.807) is 0 Å². The quantitative estimate of drug-likeness (QED) is 0.602. The van der Waals surface area contributed by atoms with E-state index in [2.05, 4.69) is 14.9 Å². The molecule has 6 heteroatoms. The van der Waals surface area contributed by atoms with E-state index in [1.165, 1.54) is 31.0 Å². The van der Waals surface area contributed by atoms with Crippen LogP contribution in [0.1, 0.15) is 25.7 Å². The lowest BCUT2D eigenvalue weighted by Crippen LogP contribution is -2.41. The van der Waals surface area contributed by atoms with Crippen LogP contribution in [0.3, 0.4) is 0 Å². The molecule has 2 rings (SSSR count). The van der Waals surface area contributed by atoms with Crippen molar-refractivity contribution in [1.29, 1.82) is 0 Å². The molecule has 3 N–H and O–H groups in total. The molecular weight excluding hydrogens is 248 g/mol. The molecular formula is C12H20N4OS. The third kappa shape index (κ3) is 3.05. The Bertz CT molecular complexity index is 398. The lowest BCUT2D eigenvalue weighted by Gasteiger charge is -2.38. The van der Waals surface area contributed by atoms with E-state index in [-0.39, 0.29) is 6.61 Å². The summed E-state index contributed by atoms with van der Waals surface area (Å²) in [7, 11) is 0. The summed E-state index contributed by atoms with van der Waals surface area (Å²) in [6.45, 7) is 1.03. The maximum absolute atomic E-state index is 9.00. The van der Waals surface area contributed by atoms with Crippen molar-refractivity contribution in [2.24, 2.45) is 0 Å². The number of hydrogen-bond acceptors (Lipinski definition) is 6. The molecule has 0 spiro atoms. The van der Waals surface area contributed by atoms with Crippen molar-refractivity contribution < 1.29 is 5.11 Å². The van der Waals surface area contributed by atoms with Gasteiger partial charge in [-0.1, -0.05) is 11.8 Å². The number of aliphatic hydroxyl groups is 1. The molecule has 18 heavy (non-hydrogen) atoms. The smallest absolute Gasteiger partial charge is 0.191 e. The molecule has 0 aromatic carbocycles. The van der Waals surface area contributed by atoms with Crippen molar-refractivity contribution in [3.05, 3.63) is 6.07 Å². The standard InChI is InChI=1S/C12H20N4OS/c1-18-12-14-10(13)8-11(15-12)16(6-3-7-17)9-4-2-5-9/h8-9,17H,2-7H2,1H3,(H2,13,14,15). The molecule has 0 aliphatic heterocycles. The first kappa shape index (κ1) is 13.4. The van der Waals surface area contributed by atoms with Crippen molar-refractivity contribution in [2.75, 3.05) is 30.0 Å². The maximum atomic E-state index is 9.00. The number of nitrogens with zero attached hydrogens (tertiary/aromatic N) is 3. The maximum Gasteiger partial charge on any atom is 0.191 e. The van der Waals surface area contributed by atoms with Gasteiger partial charge in [0.2, 0.25) is 0 Å². The van der Waals surface area contributed by atoms with E-state index in [0.717, 1.165) is 18.8 Å². The van der Waals surface area contributed by atoms with Gasteiger partial charge in [0.1, 0.15) is 11.6 Å². The Morgan fingerprint density at radius 3 is 2.83 bits per heavy atom. The molecule has 100 valence electrons. The van der Waals surface area contributed by atoms with Gasteiger partial charge in [0.15, 0.2) is 5.16 Å². The zero-order valence-corrected chi connectivity index (χ0v) is 11.5. The van der Waals surface area contributed by atoms with Crippen LogP contribution in [0.2, 0.25) is 0 Å². The minimum absolute atomic E-state index is 0.208. The van der Waals surface area contributed by atoms with Gasteiger partial charge in [-0.25, -0.2) is 9.97 Å². The summed E-state index contributed by atoms with van der Waals surface area (Å²) < 4.78 is 0. The largest absolute Gasteiger partial charge is 0.396 e. The van der Waals surface area contributed by atoms with E-state index < -0.39 is 0 Å². The molecule has 1 aliphatic rings. The molecule has 1 aromatic rings. The van der Waals surface area contributed by atoms with E-state index in [0.29, 0.717) is 17.0 Å². The van der Waals surface area contributed by atoms with Gasteiger partial charge in [0.25, 0.3) is 0 Å². The van der Waals surface area contributed by atoms with Crippen LogP contribution < -0.4 is 10.6 Å². The SMILES string of the molecule is CSc1nc(N)cc(N(CCCO)C2CCC2)n1. The van der Waals surface area contributed by atoms with Gasteiger partial charge in [-0.3, -0.25) is 0 Å². The van der Waals surface area contributed by atoms with E-state index >= 15 is 0 Å². The molecule has 0 atom stereocenters. The molecule has 1 aromatic heterocycles. The Morgan fingerprint density at radius 2 is 2.28 bits per heavy atom. The number of nitrogen functional groups attached to an aromatic ring is 1. The molecule has 5 nitrogen and oxygen atoms in total. The molecule has 0 amide bonds. The summed E-state index contributed by atoms with van der Waals surface area (Å²) in [5.74, 6) is 1.41. The fourth-order valence-electron chi connectivity index (χ4n) is 2.09. The summed E-state index contributed by atoms with van der Waals surface area (Å²) in [6, 6.07) is 2.37. The van der Waals surface area contributed by atoms with Crippen molar-refractivity contribution in [1.82, 2.24) is 9.97 Å². The second-order valence-electron chi connectivity index (χ2n) is 4.49. The Morgan fingerprint density at radius 1 is 1.50 bits per heavy atom. The highest BCUT2D eigenvalue weighted by Crippen LogP contribution is 2.30. The molecule has 1 fully saturated rings. The van der Waals surface area contributed by atoms with Gasteiger partial charge in [-0.2, -0.15) is 0 Å². The Labute approximate surface area is 112 Å². The Kier molecular flexibility index (Phi) is 4.66. The van der Waals surface area contributed by atoms with Gasteiger partial charge in [-0.15, -0.1) is 0 Å².